The zero-order valence-corrected chi connectivity index (χ0v) is 11.9. The highest BCUT2D eigenvalue weighted by atomic mass is 28.3. The summed E-state index contributed by atoms with van der Waals surface area (Å²) in [5.74, 6) is 0. The van der Waals surface area contributed by atoms with Crippen LogP contribution in [0.2, 0.25) is 25.7 Å². The molecule has 15 heavy (non-hydrogen) atoms. The summed E-state index contributed by atoms with van der Waals surface area (Å²) in [5, 5.41) is 2.77. The van der Waals surface area contributed by atoms with E-state index in [1.807, 2.05) is 20.8 Å². The normalized spacial score (nSPS) is 12.4. The Kier molecular flexibility index (Phi) is 5.35. The van der Waals surface area contributed by atoms with Crippen molar-refractivity contribution in [2.45, 2.75) is 58.5 Å². The first kappa shape index (κ1) is 14.5. The fourth-order valence-electron chi connectivity index (χ4n) is 1.12. The molecule has 0 saturated carbocycles. The number of hydrogen-bond acceptors (Lipinski definition) is 2. The molecule has 1 amide bonds. The summed E-state index contributed by atoms with van der Waals surface area (Å²) in [7, 11) is -0.968. The molecule has 0 fully saturated rings. The van der Waals surface area contributed by atoms with Gasteiger partial charge in [-0.25, -0.2) is 4.79 Å². The van der Waals surface area contributed by atoms with Crippen LogP contribution in [0.4, 0.5) is 4.79 Å². The molecule has 0 aromatic carbocycles. The summed E-state index contributed by atoms with van der Waals surface area (Å²) in [5.41, 5.74) is -0.400. The van der Waals surface area contributed by atoms with Crippen LogP contribution in [-0.4, -0.2) is 26.3 Å². The smallest absolute Gasteiger partial charge is 0.407 e. The highest BCUT2D eigenvalue weighted by molar-refractivity contribution is 6.76. The lowest BCUT2D eigenvalue weighted by Gasteiger charge is -2.20. The van der Waals surface area contributed by atoms with Crippen LogP contribution in [0.25, 0.3) is 0 Å². The summed E-state index contributed by atoms with van der Waals surface area (Å²) in [6.07, 6.45) is 0.743. The van der Waals surface area contributed by atoms with Crippen molar-refractivity contribution in [2.24, 2.45) is 0 Å². The standard InChI is InChI=1S/C11H25NO2Si/c1-11(2,3)14-10(13)12-8-7-9-15(4,5)6/h7-9H2,1-6H3,(H,12,13). The Balaban J connectivity index is 3.57. The van der Waals surface area contributed by atoms with Gasteiger partial charge in [-0.3, -0.25) is 0 Å². The van der Waals surface area contributed by atoms with Crippen LogP contribution in [-0.2, 0) is 4.74 Å². The van der Waals surface area contributed by atoms with Crippen molar-refractivity contribution in [3.05, 3.63) is 0 Å². The number of nitrogens with one attached hydrogen (secondary N) is 1. The van der Waals surface area contributed by atoms with E-state index in [9.17, 15) is 4.79 Å². The molecule has 1 N–H and O–H groups in total. The Morgan fingerprint density at radius 1 is 1.27 bits per heavy atom. The van der Waals surface area contributed by atoms with E-state index >= 15 is 0 Å². The molecule has 0 aliphatic rings. The lowest BCUT2D eigenvalue weighted by atomic mass is 10.2. The zero-order valence-electron chi connectivity index (χ0n) is 10.9. The van der Waals surface area contributed by atoms with E-state index in [1.54, 1.807) is 0 Å². The average Bonchev–Trinajstić information content (AvgIpc) is 1.92. The van der Waals surface area contributed by atoms with Gasteiger partial charge >= 0.3 is 6.09 Å². The van der Waals surface area contributed by atoms with Crippen molar-refractivity contribution in [2.75, 3.05) is 6.54 Å². The Morgan fingerprint density at radius 3 is 2.20 bits per heavy atom. The van der Waals surface area contributed by atoms with Gasteiger partial charge in [0.15, 0.2) is 0 Å². The minimum absolute atomic E-state index is 0.307. The number of rotatable bonds is 4. The second-order valence-electron chi connectivity index (χ2n) is 6.09. The van der Waals surface area contributed by atoms with E-state index in [-0.39, 0.29) is 6.09 Å². The Hall–Kier alpha value is -0.513. The van der Waals surface area contributed by atoms with Crippen molar-refractivity contribution in [3.8, 4) is 0 Å². The van der Waals surface area contributed by atoms with Gasteiger partial charge in [-0.2, -0.15) is 0 Å². The van der Waals surface area contributed by atoms with E-state index in [2.05, 4.69) is 25.0 Å². The Morgan fingerprint density at radius 2 is 1.80 bits per heavy atom. The third-order valence-corrected chi connectivity index (χ3v) is 3.63. The third kappa shape index (κ3) is 11.4. The Labute approximate surface area is 94.6 Å². The molecule has 0 aromatic rings. The molecule has 0 spiro atoms. The molecule has 0 bridgehead atoms. The molecule has 0 radical (unpaired) electrons. The fourth-order valence-corrected chi connectivity index (χ4v) is 2.36. The number of alkyl carbamates (subject to hydrolysis) is 1. The van der Waals surface area contributed by atoms with E-state index in [0.717, 1.165) is 13.0 Å². The molecular weight excluding hydrogens is 206 g/mol. The van der Waals surface area contributed by atoms with Crippen molar-refractivity contribution in [1.29, 1.82) is 0 Å². The van der Waals surface area contributed by atoms with Crippen LogP contribution in [0.5, 0.6) is 0 Å². The number of carbonyl (C=O) groups excluding carboxylic acids is 1. The molecule has 3 nitrogen and oxygen atoms in total. The predicted octanol–water partition coefficient (Wildman–Crippen LogP) is 3.24. The van der Waals surface area contributed by atoms with Crippen molar-refractivity contribution < 1.29 is 9.53 Å². The molecule has 0 saturated heterocycles. The highest BCUT2D eigenvalue weighted by Crippen LogP contribution is 2.10. The molecular formula is C11H25NO2Si. The van der Waals surface area contributed by atoms with Crippen LogP contribution in [0.15, 0.2) is 0 Å². The highest BCUT2D eigenvalue weighted by Gasteiger charge is 2.16. The largest absolute Gasteiger partial charge is 0.444 e. The van der Waals surface area contributed by atoms with Crippen LogP contribution in [0, 0.1) is 0 Å². The lowest BCUT2D eigenvalue weighted by molar-refractivity contribution is 0.0528. The summed E-state index contributed by atoms with van der Waals surface area (Å²) < 4.78 is 5.13. The van der Waals surface area contributed by atoms with Crippen molar-refractivity contribution >= 4 is 14.2 Å². The molecule has 0 rings (SSSR count). The van der Waals surface area contributed by atoms with E-state index in [4.69, 9.17) is 4.74 Å². The van der Waals surface area contributed by atoms with Gasteiger partial charge in [-0.05, 0) is 27.2 Å². The molecule has 4 heteroatoms. The number of carbonyl (C=O) groups is 1. The second kappa shape index (κ2) is 5.54. The van der Waals surface area contributed by atoms with Crippen LogP contribution >= 0.6 is 0 Å². The number of hydrogen-bond donors (Lipinski definition) is 1. The minimum Gasteiger partial charge on any atom is -0.444 e. The van der Waals surface area contributed by atoms with Gasteiger partial charge in [0.1, 0.15) is 5.60 Å². The fraction of sp³-hybridized carbons (Fsp3) is 0.909. The SMILES string of the molecule is CC(C)(C)OC(=O)NCCC[Si](C)(C)C. The topological polar surface area (TPSA) is 38.3 Å². The van der Waals surface area contributed by atoms with Gasteiger partial charge in [0.05, 0.1) is 0 Å². The molecule has 0 aliphatic carbocycles. The first-order valence-corrected chi connectivity index (χ1v) is 9.28. The maximum absolute atomic E-state index is 11.3. The average molecular weight is 231 g/mol. The quantitative estimate of drug-likeness (QED) is 0.596. The van der Waals surface area contributed by atoms with E-state index in [0.29, 0.717) is 0 Å². The molecule has 0 aromatic heterocycles. The molecule has 0 unspecified atom stereocenters. The summed E-state index contributed by atoms with van der Waals surface area (Å²) in [6, 6.07) is 1.24. The molecule has 0 heterocycles. The predicted molar refractivity (Wildman–Crippen MR) is 67.0 cm³/mol. The van der Waals surface area contributed by atoms with Crippen molar-refractivity contribution in [3.63, 3.8) is 0 Å². The van der Waals surface area contributed by atoms with Gasteiger partial charge in [-0.15, -0.1) is 0 Å². The van der Waals surface area contributed by atoms with Gasteiger partial charge in [0.25, 0.3) is 0 Å². The first-order chi connectivity index (χ1) is 6.60. The molecule has 0 aliphatic heterocycles. The maximum Gasteiger partial charge on any atom is 0.407 e. The van der Waals surface area contributed by atoms with Gasteiger partial charge in [0, 0.05) is 14.6 Å². The van der Waals surface area contributed by atoms with Gasteiger partial charge in [-0.1, -0.05) is 25.7 Å². The van der Waals surface area contributed by atoms with E-state index < -0.39 is 13.7 Å². The first-order valence-electron chi connectivity index (χ1n) is 5.57. The van der Waals surface area contributed by atoms with Crippen LogP contribution < -0.4 is 5.32 Å². The monoisotopic (exact) mass is 231 g/mol. The van der Waals surface area contributed by atoms with Gasteiger partial charge < -0.3 is 10.1 Å². The Bertz CT molecular complexity index is 204. The van der Waals surface area contributed by atoms with Gasteiger partial charge in [0.2, 0.25) is 0 Å². The molecule has 90 valence electrons. The van der Waals surface area contributed by atoms with Crippen LogP contribution in [0.3, 0.4) is 0 Å². The van der Waals surface area contributed by atoms with Crippen molar-refractivity contribution in [1.82, 2.24) is 5.32 Å². The lowest BCUT2D eigenvalue weighted by Crippen LogP contribution is -2.33. The minimum atomic E-state index is -0.968. The summed E-state index contributed by atoms with van der Waals surface area (Å²) in [4.78, 5) is 11.3. The second-order valence-corrected chi connectivity index (χ2v) is 11.7. The summed E-state index contributed by atoms with van der Waals surface area (Å²) in [6.45, 7) is 13.3. The summed E-state index contributed by atoms with van der Waals surface area (Å²) >= 11 is 0. The number of ether oxygens (including phenoxy) is 1. The zero-order chi connectivity index (χ0) is 12.1. The molecule has 0 atom stereocenters. The number of amides is 1. The third-order valence-electron chi connectivity index (χ3n) is 1.77. The van der Waals surface area contributed by atoms with E-state index in [1.165, 1.54) is 6.04 Å². The maximum atomic E-state index is 11.3. The van der Waals surface area contributed by atoms with Crippen LogP contribution in [0.1, 0.15) is 27.2 Å².